The number of anilines is 1. The Balaban J connectivity index is 1.22. The monoisotopic (exact) mass is 647 g/mol. The van der Waals surface area contributed by atoms with E-state index < -0.39 is 35.7 Å². The van der Waals surface area contributed by atoms with Crippen LogP contribution in [0.5, 0.6) is 5.75 Å². The highest BCUT2D eigenvalue weighted by Gasteiger charge is 2.70. The molecule has 1 saturated heterocycles. The van der Waals surface area contributed by atoms with Gasteiger partial charge in [-0.1, -0.05) is 55.5 Å². The van der Waals surface area contributed by atoms with Crippen molar-refractivity contribution in [2.24, 2.45) is 35.5 Å². The lowest BCUT2D eigenvalue weighted by molar-refractivity contribution is -0.157. The van der Waals surface area contributed by atoms with E-state index in [0.29, 0.717) is 17.9 Å². The molecule has 12 heteroatoms. The van der Waals surface area contributed by atoms with Crippen molar-refractivity contribution < 1.29 is 29.0 Å². The average molecular weight is 648 g/mol. The molecule has 2 aliphatic carbocycles. The Bertz CT molecular complexity index is 1780. The molecule has 1 aromatic heterocycles. The van der Waals surface area contributed by atoms with Crippen molar-refractivity contribution in [1.29, 1.82) is 0 Å². The van der Waals surface area contributed by atoms with Crippen molar-refractivity contribution in [3.8, 4) is 5.75 Å². The quantitative estimate of drug-likeness (QED) is 0.306. The number of aryl methyl sites for hydroxylation is 1. The normalized spacial score (nSPS) is 28.5. The van der Waals surface area contributed by atoms with Gasteiger partial charge in [-0.2, -0.15) is 0 Å². The number of aromatic nitrogens is 1. The number of carbonyl (C=O) groups is 4. The largest absolute Gasteiger partial charge is 0.483 e. The first-order valence-electron chi connectivity index (χ1n) is 15.1. The maximum atomic E-state index is 13.9. The van der Waals surface area contributed by atoms with Gasteiger partial charge >= 0.3 is 10.8 Å². The summed E-state index contributed by atoms with van der Waals surface area (Å²) in [6.45, 7) is 5.14. The van der Waals surface area contributed by atoms with Crippen LogP contribution < -0.4 is 14.9 Å². The highest BCUT2D eigenvalue weighted by Crippen LogP contribution is 2.69. The maximum Gasteiger partial charge on any atom is 0.327 e. The number of thiazole rings is 1. The lowest BCUT2D eigenvalue weighted by Crippen LogP contribution is -2.49. The number of nitrogens with one attached hydrogen (secondary N) is 2. The smallest absolute Gasteiger partial charge is 0.327 e. The van der Waals surface area contributed by atoms with Crippen molar-refractivity contribution in [2.75, 3.05) is 11.9 Å². The number of H-pyrrole nitrogens is 1. The van der Waals surface area contributed by atoms with Gasteiger partial charge in [0.2, 0.25) is 11.8 Å². The number of fused-ring (bicyclic) bond motifs is 9. The topological polar surface area (TPSA) is 146 Å². The van der Waals surface area contributed by atoms with E-state index in [1.165, 1.54) is 0 Å². The molecule has 7 rings (SSSR count). The molecule has 0 radical (unpaired) electrons. The molecule has 2 saturated carbocycles. The van der Waals surface area contributed by atoms with Gasteiger partial charge in [-0.3, -0.25) is 24.1 Å². The second-order valence-corrected chi connectivity index (χ2v) is 15.0. The zero-order valence-corrected chi connectivity index (χ0v) is 26.5. The first kappa shape index (κ1) is 29.8. The second kappa shape index (κ2) is 11.2. The van der Waals surface area contributed by atoms with Gasteiger partial charge in [0.15, 0.2) is 6.61 Å². The third-order valence-corrected chi connectivity index (χ3v) is 12.4. The molecule has 3 amide bonds. The summed E-state index contributed by atoms with van der Waals surface area (Å²) in [5.74, 6) is -4.06. The highest BCUT2D eigenvalue weighted by atomic mass is 32.2. The van der Waals surface area contributed by atoms with Crippen LogP contribution in [0.15, 0.2) is 58.4 Å². The van der Waals surface area contributed by atoms with Gasteiger partial charge in [-0.25, -0.2) is 4.79 Å². The Morgan fingerprint density at radius 3 is 2.51 bits per heavy atom. The van der Waals surface area contributed by atoms with E-state index in [0.717, 1.165) is 37.3 Å². The zero-order valence-electron chi connectivity index (χ0n) is 24.9. The Morgan fingerprint density at radius 2 is 1.80 bits per heavy atom. The number of carbonyl (C=O) groups excluding carboxylic acids is 3. The summed E-state index contributed by atoms with van der Waals surface area (Å²) in [6, 6.07) is 13.8. The van der Waals surface area contributed by atoms with Crippen LogP contribution in [0.4, 0.5) is 5.69 Å². The predicted molar refractivity (Wildman–Crippen MR) is 168 cm³/mol. The van der Waals surface area contributed by atoms with Crippen LogP contribution in [-0.2, 0) is 19.2 Å². The molecule has 2 aliphatic heterocycles. The fourth-order valence-electron chi connectivity index (χ4n) is 8.29. The molecule has 2 bridgehead atoms. The van der Waals surface area contributed by atoms with E-state index in [4.69, 9.17) is 4.74 Å². The van der Waals surface area contributed by atoms with E-state index in [9.17, 15) is 29.1 Å². The van der Waals surface area contributed by atoms with Crippen LogP contribution in [0.2, 0.25) is 0 Å². The minimum absolute atomic E-state index is 0.0595. The van der Waals surface area contributed by atoms with Crippen LogP contribution in [-0.4, -0.2) is 56.6 Å². The summed E-state index contributed by atoms with van der Waals surface area (Å²) in [6.07, 6.45) is 0.681. The fourth-order valence-corrected chi connectivity index (χ4v) is 11.2. The molecule has 2 aromatic carbocycles. The van der Waals surface area contributed by atoms with Crippen LogP contribution in [0.3, 0.4) is 0 Å². The van der Waals surface area contributed by atoms with Crippen LogP contribution in [0.1, 0.15) is 42.2 Å². The number of aliphatic carboxylic acids is 1. The van der Waals surface area contributed by atoms with E-state index in [2.05, 4.69) is 10.3 Å². The van der Waals surface area contributed by atoms with Gasteiger partial charge in [-0.15, -0.1) is 11.8 Å². The summed E-state index contributed by atoms with van der Waals surface area (Å²) in [5, 5.41) is 13.5. The minimum atomic E-state index is -1.21. The Kier molecular flexibility index (Phi) is 7.39. The summed E-state index contributed by atoms with van der Waals surface area (Å²) < 4.78 is 6.13. The molecular weight excluding hydrogens is 615 g/mol. The third kappa shape index (κ3) is 4.80. The molecule has 7 unspecified atom stereocenters. The third-order valence-electron chi connectivity index (χ3n) is 9.84. The number of hydrogen-bond donors (Lipinski definition) is 3. The van der Waals surface area contributed by atoms with Crippen molar-refractivity contribution in [2.45, 2.75) is 49.4 Å². The number of ether oxygens (including phenoxy) is 1. The van der Waals surface area contributed by atoms with E-state index in [1.807, 2.05) is 55.5 Å². The molecule has 3 fully saturated rings. The number of rotatable bonds is 8. The molecule has 4 aliphatic rings. The summed E-state index contributed by atoms with van der Waals surface area (Å²) in [4.78, 5) is 70.1. The van der Waals surface area contributed by atoms with Crippen LogP contribution in [0.25, 0.3) is 0 Å². The number of carboxylic acids is 1. The fraction of sp³-hybridized carbons (Fsp3) is 0.424. The molecule has 0 spiro atoms. The van der Waals surface area contributed by atoms with Crippen molar-refractivity contribution in [3.63, 3.8) is 0 Å². The molecule has 234 valence electrons. The number of likely N-dealkylation sites (tertiary alicyclic amines) is 1. The molecular formula is C33H33N3O7S2. The summed E-state index contributed by atoms with van der Waals surface area (Å²) in [5.41, 5.74) is 2.51. The molecule has 3 aromatic rings. The zero-order chi connectivity index (χ0) is 31.7. The number of amides is 3. The van der Waals surface area contributed by atoms with Gasteiger partial charge in [0.25, 0.3) is 5.91 Å². The molecule has 3 N–H and O–H groups in total. The lowest BCUT2D eigenvalue weighted by atomic mass is 9.68. The van der Waals surface area contributed by atoms with E-state index in [-0.39, 0.29) is 52.2 Å². The standard InChI is InChI=1S/C33H33N3O7S2/c1-14(2)26(32(40)41)36-30(38)24-18-12-19(25(24)31(36)39)27-23(18)22(28-29(44-27)35-33(42)45-28)17-9-4-5-10-20(17)43-13-21(37)34-16-8-6-7-15(3)11-16/h4-11,14,18-19,22-27H,12-13H2,1-3H3,(H,34,37)(H,35,42)(H,40,41)/t18?,19?,22-,23?,24?,25?,26?,27?/m1/s1. The first-order chi connectivity index (χ1) is 21.5. The van der Waals surface area contributed by atoms with E-state index >= 15 is 0 Å². The van der Waals surface area contributed by atoms with E-state index in [1.54, 1.807) is 25.6 Å². The molecule has 3 heterocycles. The van der Waals surface area contributed by atoms with Crippen LogP contribution in [0, 0.1) is 42.4 Å². The average Bonchev–Trinajstić information content (AvgIpc) is 3.72. The highest BCUT2D eigenvalue weighted by molar-refractivity contribution is 8.00. The second-order valence-electron chi connectivity index (χ2n) is 12.8. The maximum absolute atomic E-state index is 13.9. The van der Waals surface area contributed by atoms with Gasteiger partial charge in [0.05, 0.1) is 16.9 Å². The van der Waals surface area contributed by atoms with Crippen molar-refractivity contribution >= 4 is 52.5 Å². The van der Waals surface area contributed by atoms with Crippen LogP contribution >= 0.6 is 23.1 Å². The summed E-state index contributed by atoms with van der Waals surface area (Å²) >= 11 is 2.70. The lowest BCUT2D eigenvalue weighted by Gasteiger charge is -2.43. The van der Waals surface area contributed by atoms with Gasteiger partial charge in [0.1, 0.15) is 11.8 Å². The number of imide groups is 1. The Labute approximate surface area is 267 Å². The van der Waals surface area contributed by atoms with Gasteiger partial charge < -0.3 is 20.1 Å². The number of nitrogens with zero attached hydrogens (tertiary/aromatic N) is 1. The number of hydrogen-bond acceptors (Lipinski definition) is 8. The predicted octanol–water partition coefficient (Wildman–Crippen LogP) is 4.34. The number of para-hydroxylation sites is 1. The number of thioether (sulfide) groups is 1. The van der Waals surface area contributed by atoms with Crippen molar-refractivity contribution in [3.05, 3.63) is 74.2 Å². The minimum Gasteiger partial charge on any atom is -0.483 e. The Morgan fingerprint density at radius 1 is 1.07 bits per heavy atom. The number of benzene rings is 2. The number of carboxylic acid groups (broad SMARTS) is 1. The number of aromatic amines is 1. The molecule has 8 atom stereocenters. The van der Waals surface area contributed by atoms with Crippen molar-refractivity contribution in [1.82, 2.24) is 9.88 Å². The summed E-state index contributed by atoms with van der Waals surface area (Å²) in [7, 11) is 0. The Hall–Kier alpha value is -3.90. The van der Waals surface area contributed by atoms with Gasteiger partial charge in [0, 0.05) is 27.3 Å². The molecule has 10 nitrogen and oxygen atoms in total. The van der Waals surface area contributed by atoms with Gasteiger partial charge in [-0.05, 0) is 60.8 Å². The molecule has 45 heavy (non-hydrogen) atoms. The first-order valence-corrected chi connectivity index (χ1v) is 16.8. The SMILES string of the molecule is Cc1cccc(NC(=O)COc2ccccc2[C@H]2c3sc(=O)[nH]c3SC3C4CC(C5C(=O)N(C(C(=O)O)C(C)C)C(=O)C45)C32)c1.